The number of hydrogen-bond acceptors (Lipinski definition) is 5. The molecule has 0 amide bonds. The average Bonchev–Trinajstić information content (AvgIpc) is 2.51. The predicted octanol–water partition coefficient (Wildman–Crippen LogP) is 1.30. The Morgan fingerprint density at radius 2 is 1.81 bits per heavy atom. The van der Waals surface area contributed by atoms with Crippen LogP contribution in [0, 0.1) is 11.8 Å². The van der Waals surface area contributed by atoms with Gasteiger partial charge in [-0.25, -0.2) is 0 Å². The van der Waals surface area contributed by atoms with Gasteiger partial charge in [0.1, 0.15) is 18.8 Å². The van der Waals surface area contributed by atoms with Gasteiger partial charge in [-0.15, -0.1) is 0 Å². The number of hydrogen-bond donors (Lipinski definition) is 1. The maximum atomic E-state index is 12.3. The van der Waals surface area contributed by atoms with E-state index in [1.807, 2.05) is 37.3 Å². The molecule has 21 heavy (non-hydrogen) atoms. The maximum Gasteiger partial charge on any atom is 0.326 e. The molecule has 1 aliphatic heterocycles. The fourth-order valence-electron chi connectivity index (χ4n) is 2.40. The van der Waals surface area contributed by atoms with Gasteiger partial charge in [0.2, 0.25) is 0 Å². The minimum absolute atomic E-state index is 0.137. The zero-order chi connectivity index (χ0) is 15.4. The Labute approximate surface area is 124 Å². The van der Waals surface area contributed by atoms with Crippen LogP contribution in [0.1, 0.15) is 19.4 Å². The highest BCUT2D eigenvalue weighted by Crippen LogP contribution is 2.25. The molecule has 1 aromatic carbocycles. The van der Waals surface area contributed by atoms with Gasteiger partial charge in [-0.3, -0.25) is 9.59 Å². The lowest BCUT2D eigenvalue weighted by molar-refractivity contribution is -0.153. The van der Waals surface area contributed by atoms with Gasteiger partial charge < -0.3 is 15.2 Å². The molecule has 4 atom stereocenters. The van der Waals surface area contributed by atoms with Crippen LogP contribution >= 0.6 is 0 Å². The van der Waals surface area contributed by atoms with Crippen molar-refractivity contribution in [1.82, 2.24) is 0 Å². The third-order valence-corrected chi connectivity index (χ3v) is 3.99. The van der Waals surface area contributed by atoms with Crippen molar-refractivity contribution in [1.29, 1.82) is 0 Å². The molecule has 0 aliphatic carbocycles. The molecular weight excluding hydrogens is 270 g/mol. The summed E-state index contributed by atoms with van der Waals surface area (Å²) < 4.78 is 10.5. The minimum Gasteiger partial charge on any atom is -0.463 e. The van der Waals surface area contributed by atoms with Crippen molar-refractivity contribution < 1.29 is 19.1 Å². The van der Waals surface area contributed by atoms with Gasteiger partial charge in [0, 0.05) is 5.92 Å². The van der Waals surface area contributed by atoms with Crippen molar-refractivity contribution in [2.45, 2.75) is 32.4 Å². The summed E-state index contributed by atoms with van der Waals surface area (Å²) in [5, 5.41) is 0. The predicted molar refractivity (Wildman–Crippen MR) is 77.3 cm³/mol. The molecule has 1 heterocycles. The monoisotopic (exact) mass is 291 g/mol. The van der Waals surface area contributed by atoms with Crippen LogP contribution in [0.15, 0.2) is 30.3 Å². The topological polar surface area (TPSA) is 78.6 Å². The van der Waals surface area contributed by atoms with E-state index in [0.29, 0.717) is 6.42 Å². The molecule has 1 saturated heterocycles. The smallest absolute Gasteiger partial charge is 0.326 e. The molecule has 0 radical (unpaired) electrons. The Hall–Kier alpha value is -1.88. The summed E-state index contributed by atoms with van der Waals surface area (Å²) in [6.45, 7) is 3.54. The molecule has 2 N–H and O–H groups in total. The number of nitrogens with two attached hydrogens (primary N) is 1. The van der Waals surface area contributed by atoms with Crippen molar-refractivity contribution in [3.05, 3.63) is 35.9 Å². The van der Waals surface area contributed by atoms with E-state index in [0.717, 1.165) is 5.56 Å². The molecule has 0 spiro atoms. The molecule has 0 bridgehead atoms. The largest absolute Gasteiger partial charge is 0.463 e. The van der Waals surface area contributed by atoms with Crippen molar-refractivity contribution in [2.24, 2.45) is 17.6 Å². The molecule has 5 nitrogen and oxygen atoms in total. The molecular formula is C16H21NO4. The van der Waals surface area contributed by atoms with Gasteiger partial charge >= 0.3 is 11.9 Å². The first-order valence-corrected chi connectivity index (χ1v) is 7.15. The molecule has 2 rings (SSSR count). The molecule has 1 unspecified atom stereocenters. The van der Waals surface area contributed by atoms with Crippen LogP contribution < -0.4 is 5.73 Å². The van der Waals surface area contributed by atoms with Gasteiger partial charge in [-0.1, -0.05) is 37.3 Å². The number of ether oxygens (including phenoxy) is 2. The van der Waals surface area contributed by atoms with Crippen LogP contribution in [0.5, 0.6) is 0 Å². The van der Waals surface area contributed by atoms with Crippen molar-refractivity contribution >= 4 is 11.9 Å². The van der Waals surface area contributed by atoms with Crippen LogP contribution in [0.2, 0.25) is 0 Å². The van der Waals surface area contributed by atoms with Crippen LogP contribution in [0.4, 0.5) is 0 Å². The Morgan fingerprint density at radius 1 is 1.14 bits per heavy atom. The summed E-state index contributed by atoms with van der Waals surface area (Å²) in [6.07, 6.45) is 0.167. The molecule has 1 fully saturated rings. The van der Waals surface area contributed by atoms with E-state index in [-0.39, 0.29) is 30.5 Å². The quantitative estimate of drug-likeness (QED) is 0.831. The Morgan fingerprint density at radius 3 is 2.48 bits per heavy atom. The second-order valence-electron chi connectivity index (χ2n) is 5.53. The first-order chi connectivity index (χ1) is 9.99. The second-order valence-corrected chi connectivity index (χ2v) is 5.53. The van der Waals surface area contributed by atoms with Gasteiger partial charge in [0.25, 0.3) is 0 Å². The van der Waals surface area contributed by atoms with Gasteiger partial charge in [-0.05, 0) is 18.9 Å². The fraction of sp³-hybridized carbons (Fsp3) is 0.500. The van der Waals surface area contributed by atoms with E-state index in [1.165, 1.54) is 0 Å². The van der Waals surface area contributed by atoms with Gasteiger partial charge in [-0.2, -0.15) is 0 Å². The molecule has 114 valence electrons. The van der Waals surface area contributed by atoms with E-state index in [4.69, 9.17) is 15.2 Å². The zero-order valence-corrected chi connectivity index (χ0v) is 12.3. The molecule has 0 aromatic heterocycles. The average molecular weight is 291 g/mol. The Bertz CT molecular complexity index is 502. The fourth-order valence-corrected chi connectivity index (χ4v) is 2.40. The van der Waals surface area contributed by atoms with Crippen LogP contribution in [-0.4, -0.2) is 30.7 Å². The van der Waals surface area contributed by atoms with E-state index < -0.39 is 12.0 Å². The number of carbonyl (C=O) groups excluding carboxylic acids is 2. The van der Waals surface area contributed by atoms with Crippen LogP contribution in [0.3, 0.4) is 0 Å². The minimum atomic E-state index is -0.918. The molecule has 5 heteroatoms. The third-order valence-electron chi connectivity index (χ3n) is 3.99. The van der Waals surface area contributed by atoms with Crippen molar-refractivity contribution in [3.8, 4) is 0 Å². The van der Waals surface area contributed by atoms with E-state index in [2.05, 4.69) is 0 Å². The molecule has 1 aromatic rings. The van der Waals surface area contributed by atoms with Gasteiger partial charge in [0.05, 0.1) is 5.92 Å². The van der Waals surface area contributed by atoms with E-state index in [9.17, 15) is 9.59 Å². The van der Waals surface area contributed by atoms with Crippen LogP contribution in [-0.2, 0) is 25.5 Å². The summed E-state index contributed by atoms with van der Waals surface area (Å²) in [6, 6.07) is 8.81. The first-order valence-electron chi connectivity index (χ1n) is 7.15. The summed E-state index contributed by atoms with van der Waals surface area (Å²) in [7, 11) is 0. The van der Waals surface area contributed by atoms with Crippen LogP contribution in [0.25, 0.3) is 0 Å². The number of cyclic esters (lactones) is 2. The van der Waals surface area contributed by atoms with Crippen molar-refractivity contribution in [3.63, 3.8) is 0 Å². The number of rotatable bonds is 2. The number of benzene rings is 1. The highest BCUT2D eigenvalue weighted by atomic mass is 16.6. The van der Waals surface area contributed by atoms with Crippen molar-refractivity contribution in [2.75, 3.05) is 6.61 Å². The highest BCUT2D eigenvalue weighted by molar-refractivity contribution is 5.78. The standard InChI is InChI=1S/C16H21NO4/c1-10-11(2)21-16(19)14(17)9-20-15(18)13(10)8-12-6-4-3-5-7-12/h3-7,10-11,13-14H,8-9,17H2,1-2H3/t10-,11-,13+,14?/m0/s1. The lowest BCUT2D eigenvalue weighted by atomic mass is 9.85. The Kier molecular flexibility index (Phi) is 4.96. The number of esters is 2. The third kappa shape index (κ3) is 3.82. The normalized spacial score (nSPS) is 30.6. The Balaban J connectivity index is 2.20. The van der Waals surface area contributed by atoms with E-state index >= 15 is 0 Å². The first kappa shape index (κ1) is 15.5. The summed E-state index contributed by atoms with van der Waals surface area (Å²) in [4.78, 5) is 24.0. The maximum absolute atomic E-state index is 12.3. The lowest BCUT2D eigenvalue weighted by Crippen LogP contribution is -2.38. The molecule has 0 saturated carbocycles. The number of carbonyl (C=O) groups is 2. The summed E-state index contributed by atoms with van der Waals surface area (Å²) in [5.74, 6) is -1.36. The summed E-state index contributed by atoms with van der Waals surface area (Å²) >= 11 is 0. The summed E-state index contributed by atoms with van der Waals surface area (Å²) in [5.41, 5.74) is 6.68. The SMILES string of the molecule is C[C@H]1[C@H](C)OC(=O)C(N)COC(=O)[C@@H]1Cc1ccccc1. The van der Waals surface area contributed by atoms with Gasteiger partial charge in [0.15, 0.2) is 0 Å². The highest BCUT2D eigenvalue weighted by Gasteiger charge is 2.35. The zero-order valence-electron chi connectivity index (χ0n) is 12.3. The second kappa shape index (κ2) is 6.72. The molecule has 1 aliphatic rings. The lowest BCUT2D eigenvalue weighted by Gasteiger charge is -2.26. The van der Waals surface area contributed by atoms with E-state index in [1.54, 1.807) is 6.92 Å².